The minimum atomic E-state index is -0.339. The first-order valence-corrected chi connectivity index (χ1v) is 7.92. The monoisotopic (exact) mass is 319 g/mol. The van der Waals surface area contributed by atoms with E-state index in [-0.39, 0.29) is 17.4 Å². The summed E-state index contributed by atoms with van der Waals surface area (Å²) in [5.74, 6) is 0.0606. The van der Waals surface area contributed by atoms with Gasteiger partial charge in [0.15, 0.2) is 0 Å². The van der Waals surface area contributed by atoms with Crippen LogP contribution in [0.25, 0.3) is 0 Å². The summed E-state index contributed by atoms with van der Waals surface area (Å²) in [5.41, 5.74) is 11.2. The zero-order valence-electron chi connectivity index (χ0n) is 13.8. The smallest absolute Gasteiger partial charge is 0.120 e. The van der Waals surface area contributed by atoms with Crippen molar-refractivity contribution in [2.24, 2.45) is 0 Å². The molecule has 3 aromatic rings. The molecule has 3 heteroatoms. The molecular weight excluding hydrogens is 298 g/mol. The first kappa shape index (κ1) is 15.9. The van der Waals surface area contributed by atoms with E-state index in [9.17, 15) is 10.2 Å². The number of hydrogen-bond donors (Lipinski definition) is 3. The van der Waals surface area contributed by atoms with Gasteiger partial charge in [0.1, 0.15) is 11.5 Å². The zero-order valence-corrected chi connectivity index (χ0v) is 13.8. The van der Waals surface area contributed by atoms with Gasteiger partial charge in [-0.25, -0.2) is 0 Å². The number of phenolic OH excluding ortho intramolecular Hbond substituents is 2. The van der Waals surface area contributed by atoms with E-state index in [1.807, 2.05) is 62.4 Å². The number of aromatic hydroxyl groups is 2. The molecule has 0 saturated carbocycles. The van der Waals surface area contributed by atoms with Crippen molar-refractivity contribution in [2.75, 3.05) is 5.73 Å². The van der Waals surface area contributed by atoms with Crippen LogP contribution in [0.3, 0.4) is 0 Å². The van der Waals surface area contributed by atoms with Gasteiger partial charge in [-0.15, -0.1) is 0 Å². The lowest BCUT2D eigenvalue weighted by molar-refractivity contribution is 0.457. The average molecular weight is 319 g/mol. The maximum Gasteiger partial charge on any atom is 0.120 e. The van der Waals surface area contributed by atoms with Crippen LogP contribution in [-0.2, 0) is 0 Å². The minimum Gasteiger partial charge on any atom is -0.508 e. The first-order chi connectivity index (χ1) is 11.5. The van der Waals surface area contributed by atoms with E-state index in [1.54, 1.807) is 12.1 Å². The molecule has 0 aliphatic heterocycles. The Bertz CT molecular complexity index is 795. The number of nitrogen functional groups attached to an aromatic ring is 1. The molecule has 0 heterocycles. The molecule has 0 aliphatic carbocycles. The lowest BCUT2D eigenvalue weighted by atomic mass is 9.79. The van der Waals surface area contributed by atoms with Gasteiger partial charge in [-0.05, 0) is 48.7 Å². The third kappa shape index (κ3) is 2.69. The van der Waals surface area contributed by atoms with Crippen LogP contribution >= 0.6 is 0 Å². The summed E-state index contributed by atoms with van der Waals surface area (Å²) in [6.07, 6.45) is 0. The van der Waals surface area contributed by atoms with Crippen molar-refractivity contribution in [1.29, 1.82) is 0 Å². The second-order valence-electron chi connectivity index (χ2n) is 6.08. The number of anilines is 1. The second kappa shape index (κ2) is 6.28. The molecule has 0 fully saturated rings. The third-order valence-electron chi connectivity index (χ3n) is 4.49. The van der Waals surface area contributed by atoms with Gasteiger partial charge in [-0.2, -0.15) is 0 Å². The van der Waals surface area contributed by atoms with Gasteiger partial charge in [-0.1, -0.05) is 42.5 Å². The van der Waals surface area contributed by atoms with E-state index in [1.165, 1.54) is 0 Å². The summed E-state index contributed by atoms with van der Waals surface area (Å²) in [5, 5.41) is 21.1. The van der Waals surface area contributed by atoms with Crippen LogP contribution in [0.1, 0.15) is 33.7 Å². The van der Waals surface area contributed by atoms with Gasteiger partial charge >= 0.3 is 0 Å². The van der Waals surface area contributed by atoms with Gasteiger partial charge in [-0.3, -0.25) is 0 Å². The highest BCUT2D eigenvalue weighted by molar-refractivity contribution is 5.62. The molecule has 0 radical (unpaired) electrons. The fourth-order valence-corrected chi connectivity index (χ4v) is 3.31. The minimum absolute atomic E-state index is 0.200. The Morgan fingerprint density at radius 2 is 1.21 bits per heavy atom. The van der Waals surface area contributed by atoms with Crippen molar-refractivity contribution < 1.29 is 10.2 Å². The normalized spacial score (nSPS) is 11.0. The molecule has 0 aromatic heterocycles. The number of hydrogen-bond acceptors (Lipinski definition) is 3. The quantitative estimate of drug-likeness (QED) is 0.492. The van der Waals surface area contributed by atoms with Crippen molar-refractivity contribution in [3.05, 3.63) is 88.5 Å². The molecule has 3 aromatic carbocycles. The molecule has 0 aliphatic rings. The van der Waals surface area contributed by atoms with E-state index in [2.05, 4.69) is 0 Å². The number of rotatable bonds is 3. The summed E-state index contributed by atoms with van der Waals surface area (Å²) in [6, 6.07) is 18.5. The molecule has 24 heavy (non-hydrogen) atoms. The first-order valence-electron chi connectivity index (χ1n) is 7.92. The average Bonchev–Trinajstić information content (AvgIpc) is 2.53. The molecule has 0 atom stereocenters. The van der Waals surface area contributed by atoms with Gasteiger partial charge < -0.3 is 15.9 Å². The molecule has 3 rings (SSSR count). The number of aryl methyl sites for hydroxylation is 2. The lowest BCUT2D eigenvalue weighted by Crippen LogP contribution is -2.10. The van der Waals surface area contributed by atoms with Crippen molar-refractivity contribution in [3.8, 4) is 11.5 Å². The third-order valence-corrected chi connectivity index (χ3v) is 4.49. The Kier molecular flexibility index (Phi) is 4.17. The SMILES string of the molecule is Cc1cccc(O)c1C(c1ccccc1N)c1c(C)cccc1O. The molecule has 4 N–H and O–H groups in total. The highest BCUT2D eigenvalue weighted by Gasteiger charge is 2.27. The Hall–Kier alpha value is -2.94. The van der Waals surface area contributed by atoms with Crippen molar-refractivity contribution in [2.45, 2.75) is 19.8 Å². The van der Waals surface area contributed by atoms with Crippen LogP contribution < -0.4 is 5.73 Å². The number of benzene rings is 3. The fraction of sp³-hybridized carbons (Fsp3) is 0.143. The van der Waals surface area contributed by atoms with Crippen LogP contribution in [0.2, 0.25) is 0 Å². The number of para-hydroxylation sites is 1. The van der Waals surface area contributed by atoms with Gasteiger partial charge in [0.2, 0.25) is 0 Å². The van der Waals surface area contributed by atoms with E-state index >= 15 is 0 Å². The summed E-state index contributed by atoms with van der Waals surface area (Å²) in [6.45, 7) is 3.91. The summed E-state index contributed by atoms with van der Waals surface area (Å²) < 4.78 is 0. The molecule has 0 bridgehead atoms. The van der Waals surface area contributed by atoms with Crippen LogP contribution in [0.4, 0.5) is 5.69 Å². The van der Waals surface area contributed by atoms with Crippen LogP contribution in [-0.4, -0.2) is 10.2 Å². The van der Waals surface area contributed by atoms with Crippen molar-refractivity contribution >= 4 is 5.69 Å². The summed E-state index contributed by atoms with van der Waals surface area (Å²) >= 11 is 0. The van der Waals surface area contributed by atoms with E-state index in [0.29, 0.717) is 5.69 Å². The van der Waals surface area contributed by atoms with Crippen LogP contribution in [0.15, 0.2) is 60.7 Å². The zero-order chi connectivity index (χ0) is 17.3. The van der Waals surface area contributed by atoms with Gasteiger partial charge in [0.05, 0.1) is 0 Å². The van der Waals surface area contributed by atoms with Crippen LogP contribution in [0.5, 0.6) is 11.5 Å². The second-order valence-corrected chi connectivity index (χ2v) is 6.08. The lowest BCUT2D eigenvalue weighted by Gasteiger charge is -2.25. The fourth-order valence-electron chi connectivity index (χ4n) is 3.31. The highest BCUT2D eigenvalue weighted by atomic mass is 16.3. The topological polar surface area (TPSA) is 66.5 Å². The van der Waals surface area contributed by atoms with E-state index in [0.717, 1.165) is 27.8 Å². The maximum atomic E-state index is 10.5. The standard InChI is InChI=1S/C21H21NO2/c1-13-7-5-11-17(23)19(13)21(15-9-3-4-10-16(15)22)20-14(2)8-6-12-18(20)24/h3-12,21,23-24H,22H2,1-2H3. The molecule has 0 amide bonds. The Morgan fingerprint density at radius 3 is 1.67 bits per heavy atom. The van der Waals surface area contributed by atoms with E-state index < -0.39 is 0 Å². The van der Waals surface area contributed by atoms with Crippen molar-refractivity contribution in [1.82, 2.24) is 0 Å². The van der Waals surface area contributed by atoms with Crippen molar-refractivity contribution in [3.63, 3.8) is 0 Å². The number of nitrogens with two attached hydrogens (primary N) is 1. The molecule has 0 saturated heterocycles. The Balaban J connectivity index is 2.37. The van der Waals surface area contributed by atoms with E-state index in [4.69, 9.17) is 5.73 Å². The molecule has 122 valence electrons. The van der Waals surface area contributed by atoms with Crippen LogP contribution in [0, 0.1) is 13.8 Å². The van der Waals surface area contributed by atoms with Gasteiger partial charge in [0.25, 0.3) is 0 Å². The maximum absolute atomic E-state index is 10.5. The van der Waals surface area contributed by atoms with Gasteiger partial charge in [0, 0.05) is 22.7 Å². The molecule has 0 unspecified atom stereocenters. The molecule has 0 spiro atoms. The predicted molar refractivity (Wildman–Crippen MR) is 97.5 cm³/mol. The molecular formula is C21H21NO2. The molecule has 3 nitrogen and oxygen atoms in total. The summed E-state index contributed by atoms with van der Waals surface area (Å²) in [4.78, 5) is 0. The number of phenols is 2. The summed E-state index contributed by atoms with van der Waals surface area (Å²) in [7, 11) is 0. The predicted octanol–water partition coefficient (Wildman–Crippen LogP) is 4.48. The Labute approximate surface area is 142 Å². The Morgan fingerprint density at radius 1 is 0.708 bits per heavy atom. The highest BCUT2D eigenvalue weighted by Crippen LogP contribution is 2.44. The largest absolute Gasteiger partial charge is 0.508 e.